The number of oxazole rings is 1. The van der Waals surface area contributed by atoms with Crippen LogP contribution in [0.15, 0.2) is 4.42 Å². The molecule has 0 aliphatic heterocycles. The van der Waals surface area contributed by atoms with E-state index >= 15 is 0 Å². The van der Waals surface area contributed by atoms with Gasteiger partial charge >= 0.3 is 0 Å². The van der Waals surface area contributed by atoms with Gasteiger partial charge in [0.2, 0.25) is 11.8 Å². The Morgan fingerprint density at radius 1 is 1.53 bits per heavy atom. The number of hydrogen-bond donors (Lipinski definition) is 2. The minimum absolute atomic E-state index is 0.0790. The molecule has 84 valence electrons. The number of rotatable bonds is 5. The highest BCUT2D eigenvalue weighted by atomic mass is 16.4. The summed E-state index contributed by atoms with van der Waals surface area (Å²) in [6, 6.07) is 0. The van der Waals surface area contributed by atoms with Crippen LogP contribution in [0, 0.1) is 13.8 Å². The lowest BCUT2D eigenvalue weighted by Crippen LogP contribution is -2.27. The van der Waals surface area contributed by atoms with E-state index in [1.54, 1.807) is 0 Å². The van der Waals surface area contributed by atoms with Gasteiger partial charge in [0.1, 0.15) is 12.2 Å². The summed E-state index contributed by atoms with van der Waals surface area (Å²) < 4.78 is 5.29. The van der Waals surface area contributed by atoms with Gasteiger partial charge in [-0.05, 0) is 26.8 Å². The molecule has 0 unspecified atom stereocenters. The van der Waals surface area contributed by atoms with Gasteiger partial charge in [0.15, 0.2) is 0 Å². The van der Waals surface area contributed by atoms with Gasteiger partial charge in [-0.2, -0.15) is 0 Å². The fraction of sp³-hybridized carbons (Fsp3) is 0.600. The Morgan fingerprint density at radius 2 is 2.27 bits per heavy atom. The maximum Gasteiger partial charge on any atom is 0.229 e. The molecule has 1 aromatic heterocycles. The van der Waals surface area contributed by atoms with Crippen molar-refractivity contribution in [3.63, 3.8) is 0 Å². The SMILES string of the molecule is Cc1nc(CC(=O)NCCCN)oc1C. The Kier molecular flexibility index (Phi) is 4.30. The molecule has 5 heteroatoms. The van der Waals surface area contributed by atoms with E-state index in [-0.39, 0.29) is 12.3 Å². The van der Waals surface area contributed by atoms with E-state index in [4.69, 9.17) is 10.2 Å². The lowest BCUT2D eigenvalue weighted by atomic mass is 10.3. The third-order valence-electron chi connectivity index (χ3n) is 2.09. The summed E-state index contributed by atoms with van der Waals surface area (Å²) in [7, 11) is 0. The average molecular weight is 211 g/mol. The highest BCUT2D eigenvalue weighted by Crippen LogP contribution is 2.08. The van der Waals surface area contributed by atoms with Crippen LogP contribution in [0.5, 0.6) is 0 Å². The fourth-order valence-electron chi connectivity index (χ4n) is 1.14. The van der Waals surface area contributed by atoms with Crippen LogP contribution in [0.1, 0.15) is 23.8 Å². The maximum atomic E-state index is 11.4. The number of amides is 1. The third-order valence-corrected chi connectivity index (χ3v) is 2.09. The van der Waals surface area contributed by atoms with Crippen molar-refractivity contribution in [2.24, 2.45) is 5.73 Å². The number of hydrogen-bond acceptors (Lipinski definition) is 4. The Hall–Kier alpha value is -1.36. The molecule has 1 aromatic rings. The third kappa shape index (κ3) is 3.71. The van der Waals surface area contributed by atoms with Gasteiger partial charge in [0.25, 0.3) is 0 Å². The Bertz CT molecular complexity index is 314. The summed E-state index contributed by atoms with van der Waals surface area (Å²) in [4.78, 5) is 15.5. The molecule has 5 nitrogen and oxygen atoms in total. The van der Waals surface area contributed by atoms with Crippen molar-refractivity contribution in [2.45, 2.75) is 26.7 Å². The number of nitrogens with zero attached hydrogens (tertiary/aromatic N) is 1. The Balaban J connectivity index is 2.37. The zero-order valence-electron chi connectivity index (χ0n) is 9.17. The molecule has 0 bridgehead atoms. The molecular weight excluding hydrogens is 194 g/mol. The minimum atomic E-state index is -0.0790. The number of aromatic nitrogens is 1. The van der Waals surface area contributed by atoms with Crippen LogP contribution in [0.2, 0.25) is 0 Å². The van der Waals surface area contributed by atoms with Crippen molar-refractivity contribution >= 4 is 5.91 Å². The molecule has 0 atom stereocenters. The molecule has 0 radical (unpaired) electrons. The van der Waals surface area contributed by atoms with E-state index in [0.29, 0.717) is 19.0 Å². The number of carbonyl (C=O) groups is 1. The van der Waals surface area contributed by atoms with Crippen molar-refractivity contribution in [3.8, 4) is 0 Å². The van der Waals surface area contributed by atoms with Gasteiger partial charge in [0.05, 0.1) is 5.69 Å². The first-order chi connectivity index (χ1) is 7.13. The van der Waals surface area contributed by atoms with Crippen molar-refractivity contribution in [1.29, 1.82) is 0 Å². The maximum absolute atomic E-state index is 11.4. The van der Waals surface area contributed by atoms with E-state index in [2.05, 4.69) is 10.3 Å². The average Bonchev–Trinajstić information content (AvgIpc) is 2.46. The highest BCUT2D eigenvalue weighted by Gasteiger charge is 2.09. The lowest BCUT2D eigenvalue weighted by Gasteiger charge is -2.01. The molecule has 3 N–H and O–H groups in total. The highest BCUT2D eigenvalue weighted by molar-refractivity contribution is 5.77. The van der Waals surface area contributed by atoms with Gasteiger partial charge in [-0.15, -0.1) is 0 Å². The van der Waals surface area contributed by atoms with Crippen molar-refractivity contribution in [2.75, 3.05) is 13.1 Å². The second-order valence-corrected chi connectivity index (χ2v) is 3.42. The summed E-state index contributed by atoms with van der Waals surface area (Å²) >= 11 is 0. The van der Waals surface area contributed by atoms with Gasteiger partial charge in [0, 0.05) is 6.54 Å². The van der Waals surface area contributed by atoms with Crippen LogP contribution in [0.4, 0.5) is 0 Å². The van der Waals surface area contributed by atoms with E-state index in [9.17, 15) is 4.79 Å². The van der Waals surface area contributed by atoms with Gasteiger partial charge < -0.3 is 15.5 Å². The zero-order chi connectivity index (χ0) is 11.3. The summed E-state index contributed by atoms with van der Waals surface area (Å²) in [5, 5.41) is 2.74. The van der Waals surface area contributed by atoms with Gasteiger partial charge in [-0.3, -0.25) is 4.79 Å². The van der Waals surface area contributed by atoms with Gasteiger partial charge in [-0.1, -0.05) is 0 Å². The molecule has 1 rings (SSSR count). The summed E-state index contributed by atoms with van der Waals surface area (Å²) in [5.74, 6) is 1.15. The standard InChI is InChI=1S/C10H17N3O2/c1-7-8(2)15-10(13-7)6-9(14)12-5-3-4-11/h3-6,11H2,1-2H3,(H,12,14). The molecule has 0 aromatic carbocycles. The molecule has 1 heterocycles. The van der Waals surface area contributed by atoms with Crippen molar-refractivity contribution < 1.29 is 9.21 Å². The molecule has 1 amide bonds. The first kappa shape index (κ1) is 11.7. The Morgan fingerprint density at radius 3 is 2.80 bits per heavy atom. The minimum Gasteiger partial charge on any atom is -0.445 e. The first-order valence-electron chi connectivity index (χ1n) is 5.03. The summed E-state index contributed by atoms with van der Waals surface area (Å²) in [6.45, 7) is 4.87. The molecule has 0 aliphatic rings. The van der Waals surface area contributed by atoms with Crippen LogP contribution in [-0.4, -0.2) is 24.0 Å². The molecule has 0 saturated heterocycles. The van der Waals surface area contributed by atoms with Crippen LogP contribution in [0.25, 0.3) is 0 Å². The second-order valence-electron chi connectivity index (χ2n) is 3.42. The first-order valence-corrected chi connectivity index (χ1v) is 5.03. The smallest absolute Gasteiger partial charge is 0.229 e. The Labute approximate surface area is 89.1 Å². The van der Waals surface area contributed by atoms with Crippen molar-refractivity contribution in [1.82, 2.24) is 10.3 Å². The lowest BCUT2D eigenvalue weighted by molar-refractivity contribution is -0.120. The second kappa shape index (κ2) is 5.50. The van der Waals surface area contributed by atoms with Gasteiger partial charge in [-0.25, -0.2) is 4.98 Å². The topological polar surface area (TPSA) is 81.2 Å². The van der Waals surface area contributed by atoms with Crippen LogP contribution < -0.4 is 11.1 Å². The predicted molar refractivity (Wildman–Crippen MR) is 56.4 cm³/mol. The van der Waals surface area contributed by atoms with E-state index in [1.165, 1.54) is 0 Å². The monoisotopic (exact) mass is 211 g/mol. The van der Waals surface area contributed by atoms with E-state index in [0.717, 1.165) is 17.9 Å². The molecule has 0 fully saturated rings. The van der Waals surface area contributed by atoms with E-state index in [1.807, 2.05) is 13.8 Å². The molecule has 15 heavy (non-hydrogen) atoms. The molecule has 0 spiro atoms. The normalized spacial score (nSPS) is 10.3. The molecular formula is C10H17N3O2. The zero-order valence-corrected chi connectivity index (χ0v) is 9.17. The van der Waals surface area contributed by atoms with Crippen LogP contribution in [0.3, 0.4) is 0 Å². The number of aryl methyl sites for hydroxylation is 2. The number of carbonyl (C=O) groups excluding carboxylic acids is 1. The number of nitrogens with two attached hydrogens (primary N) is 1. The summed E-state index contributed by atoms with van der Waals surface area (Å²) in [5.41, 5.74) is 6.14. The molecule has 0 saturated carbocycles. The molecule has 0 aliphatic carbocycles. The van der Waals surface area contributed by atoms with Crippen LogP contribution in [-0.2, 0) is 11.2 Å². The predicted octanol–water partition coefficient (Wildman–Crippen LogP) is 0.299. The number of nitrogens with one attached hydrogen (secondary N) is 1. The largest absolute Gasteiger partial charge is 0.445 e. The quantitative estimate of drug-likeness (QED) is 0.686. The van der Waals surface area contributed by atoms with Crippen LogP contribution >= 0.6 is 0 Å². The van der Waals surface area contributed by atoms with Crippen molar-refractivity contribution in [3.05, 3.63) is 17.3 Å². The van der Waals surface area contributed by atoms with E-state index < -0.39 is 0 Å². The summed E-state index contributed by atoms with van der Waals surface area (Å²) in [6.07, 6.45) is 0.981. The fourth-order valence-corrected chi connectivity index (χ4v) is 1.14.